The molecule has 0 radical (unpaired) electrons. The molecule has 0 aromatic heterocycles. The van der Waals surface area contributed by atoms with E-state index in [2.05, 4.69) is 26.7 Å². The molecule has 0 aromatic rings. The first kappa shape index (κ1) is 16.6. The highest BCUT2D eigenvalue weighted by molar-refractivity contribution is 7.49. The molecule has 0 heterocycles. The van der Waals surface area contributed by atoms with Crippen molar-refractivity contribution < 1.29 is 32.8 Å². The molecule has 0 aliphatic rings. The van der Waals surface area contributed by atoms with Crippen molar-refractivity contribution in [1.29, 1.82) is 0 Å². The zero-order valence-electron chi connectivity index (χ0n) is 10.3. The number of phosphoric ester groups is 1. The summed E-state index contributed by atoms with van der Waals surface area (Å²) in [7, 11) is -4.57. The summed E-state index contributed by atoms with van der Waals surface area (Å²) in [6.07, 6.45) is -1.56. The Hall–Kier alpha value is -1.43. The first-order chi connectivity index (χ1) is 8.07. The Morgan fingerprint density at radius 1 is 1.11 bits per heavy atom. The van der Waals surface area contributed by atoms with Crippen LogP contribution >= 0.6 is 7.82 Å². The molecule has 18 heavy (non-hydrogen) atoms. The fourth-order valence-corrected chi connectivity index (χ4v) is 1.82. The van der Waals surface area contributed by atoms with Crippen LogP contribution in [0.3, 0.4) is 0 Å². The van der Waals surface area contributed by atoms with Crippen LogP contribution in [0.15, 0.2) is 24.3 Å². The second kappa shape index (κ2) is 6.49. The maximum Gasteiger partial charge on any atom is 0.594 e. The van der Waals surface area contributed by atoms with Crippen LogP contribution in [0.2, 0.25) is 0 Å². The maximum absolute atomic E-state index is 11.9. The summed E-state index contributed by atoms with van der Waals surface area (Å²) in [5, 5.41) is 8.97. The van der Waals surface area contributed by atoms with Gasteiger partial charge in [-0.15, -0.1) is 0 Å². The van der Waals surface area contributed by atoms with Gasteiger partial charge in [0.1, 0.15) is 0 Å². The van der Waals surface area contributed by atoms with E-state index in [-0.39, 0.29) is 11.1 Å². The normalized spacial score (nSPS) is 12.4. The van der Waals surface area contributed by atoms with Crippen LogP contribution in [0.5, 0.6) is 0 Å². The first-order valence-electron chi connectivity index (χ1n) is 4.83. The Morgan fingerprint density at radius 3 is 1.67 bits per heavy atom. The van der Waals surface area contributed by atoms with E-state index in [4.69, 9.17) is 5.11 Å². The fourth-order valence-electron chi connectivity index (χ4n) is 0.607. The molecule has 7 nitrogen and oxygen atoms in total. The van der Waals surface area contributed by atoms with Gasteiger partial charge in [0.15, 0.2) is 6.29 Å². The summed E-state index contributed by atoms with van der Waals surface area (Å²) in [5.41, 5.74) is -0.147. The minimum Gasteiger partial charge on any atom is -0.368 e. The van der Waals surface area contributed by atoms with Crippen molar-refractivity contribution in [3.8, 4) is 0 Å². The Morgan fingerprint density at radius 2 is 1.44 bits per heavy atom. The standard InChI is InChI=1S/C10H15O7P/c1-6(2)9(12)16-18(14,15-8(5)11)17-10(13)7(3)4/h8,11H,1,3H2,2,4-5H3. The molecule has 0 rings (SSSR count). The van der Waals surface area contributed by atoms with Gasteiger partial charge in [-0.3, -0.25) is 0 Å². The van der Waals surface area contributed by atoms with E-state index in [0.29, 0.717) is 0 Å². The maximum atomic E-state index is 11.9. The van der Waals surface area contributed by atoms with Crippen molar-refractivity contribution in [2.45, 2.75) is 27.1 Å². The van der Waals surface area contributed by atoms with Crippen LogP contribution in [-0.2, 0) is 27.7 Å². The highest BCUT2D eigenvalue weighted by atomic mass is 31.2. The molecule has 0 saturated carbocycles. The molecule has 1 atom stereocenters. The average Bonchev–Trinajstić information content (AvgIpc) is 2.14. The number of carbonyl (C=O) groups excluding carboxylic acids is 2. The Bertz CT molecular complexity index is 392. The van der Waals surface area contributed by atoms with Crippen molar-refractivity contribution >= 4 is 19.8 Å². The molecule has 0 amide bonds. The van der Waals surface area contributed by atoms with Crippen LogP contribution in [0.4, 0.5) is 0 Å². The van der Waals surface area contributed by atoms with E-state index in [9.17, 15) is 14.2 Å². The summed E-state index contributed by atoms with van der Waals surface area (Å²) in [5.74, 6) is -2.15. The second-order valence-corrected chi connectivity index (χ2v) is 4.94. The molecular formula is C10H15O7P. The summed E-state index contributed by atoms with van der Waals surface area (Å²) in [6.45, 7) is 10.2. The highest BCUT2D eigenvalue weighted by Crippen LogP contribution is 2.51. The third-order valence-corrected chi connectivity index (χ3v) is 2.71. The smallest absolute Gasteiger partial charge is 0.368 e. The van der Waals surface area contributed by atoms with Crippen LogP contribution in [-0.4, -0.2) is 23.3 Å². The minimum absolute atomic E-state index is 0.0733. The van der Waals surface area contributed by atoms with Crippen molar-refractivity contribution in [1.82, 2.24) is 0 Å². The van der Waals surface area contributed by atoms with Crippen molar-refractivity contribution in [3.05, 3.63) is 24.3 Å². The molecule has 1 N–H and O–H groups in total. The quantitative estimate of drug-likeness (QED) is 0.448. The Balaban J connectivity index is 5.00. The van der Waals surface area contributed by atoms with Gasteiger partial charge in [-0.1, -0.05) is 13.2 Å². The van der Waals surface area contributed by atoms with Gasteiger partial charge in [0.25, 0.3) is 0 Å². The van der Waals surface area contributed by atoms with Crippen LogP contribution in [0, 0.1) is 0 Å². The van der Waals surface area contributed by atoms with Crippen molar-refractivity contribution in [2.24, 2.45) is 0 Å². The van der Waals surface area contributed by atoms with E-state index in [0.717, 1.165) is 6.92 Å². The van der Waals surface area contributed by atoms with Crippen molar-refractivity contribution in [3.63, 3.8) is 0 Å². The van der Waals surface area contributed by atoms with E-state index in [1.807, 2.05) is 0 Å². The number of aliphatic hydroxyl groups is 1. The molecule has 0 aliphatic carbocycles. The molecular weight excluding hydrogens is 263 g/mol. The average molecular weight is 278 g/mol. The molecule has 8 heteroatoms. The van der Waals surface area contributed by atoms with Gasteiger partial charge in [-0.05, 0) is 20.8 Å². The molecule has 102 valence electrons. The van der Waals surface area contributed by atoms with Crippen LogP contribution < -0.4 is 0 Å². The largest absolute Gasteiger partial charge is 0.594 e. The van der Waals surface area contributed by atoms with Gasteiger partial charge in [0, 0.05) is 11.1 Å². The number of aliphatic hydroxyl groups excluding tert-OH is 1. The Kier molecular flexibility index (Phi) is 5.97. The van der Waals surface area contributed by atoms with Gasteiger partial charge in [-0.25, -0.2) is 18.7 Å². The zero-order chi connectivity index (χ0) is 14.5. The summed E-state index contributed by atoms with van der Waals surface area (Å²) in [4.78, 5) is 22.4. The third kappa shape index (κ3) is 5.77. The first-order valence-corrected chi connectivity index (χ1v) is 6.29. The monoisotopic (exact) mass is 278 g/mol. The lowest BCUT2D eigenvalue weighted by Gasteiger charge is -2.18. The van der Waals surface area contributed by atoms with Gasteiger partial charge >= 0.3 is 19.8 Å². The summed E-state index contributed by atoms with van der Waals surface area (Å²) in [6, 6.07) is 0. The van der Waals surface area contributed by atoms with E-state index in [1.165, 1.54) is 13.8 Å². The second-order valence-electron chi connectivity index (χ2n) is 3.47. The minimum atomic E-state index is -4.57. The molecule has 0 saturated heterocycles. The molecule has 0 fully saturated rings. The van der Waals surface area contributed by atoms with Gasteiger partial charge in [0.05, 0.1) is 0 Å². The molecule has 1 unspecified atom stereocenters. The van der Waals surface area contributed by atoms with Crippen LogP contribution in [0.1, 0.15) is 20.8 Å². The predicted octanol–water partition coefficient (Wildman–Crippen LogP) is 1.69. The van der Waals surface area contributed by atoms with E-state index >= 15 is 0 Å². The SMILES string of the molecule is C=C(C)C(=O)OP(=O)(OC(=O)C(=C)C)OC(C)O. The Labute approximate surface area is 105 Å². The topological polar surface area (TPSA) is 99.1 Å². The molecule has 0 aromatic carbocycles. The number of hydrogen-bond donors (Lipinski definition) is 1. The van der Waals surface area contributed by atoms with E-state index < -0.39 is 26.1 Å². The van der Waals surface area contributed by atoms with Gasteiger partial charge in [-0.2, -0.15) is 0 Å². The van der Waals surface area contributed by atoms with Gasteiger partial charge < -0.3 is 14.2 Å². The van der Waals surface area contributed by atoms with Crippen LogP contribution in [0.25, 0.3) is 0 Å². The fraction of sp³-hybridized carbons (Fsp3) is 0.400. The van der Waals surface area contributed by atoms with E-state index in [1.54, 1.807) is 0 Å². The lowest BCUT2D eigenvalue weighted by Crippen LogP contribution is -2.15. The lowest BCUT2D eigenvalue weighted by atomic mass is 10.4. The molecule has 0 aliphatic heterocycles. The predicted molar refractivity (Wildman–Crippen MR) is 62.2 cm³/mol. The number of hydrogen-bond acceptors (Lipinski definition) is 7. The number of rotatable bonds is 6. The summed E-state index contributed by atoms with van der Waals surface area (Å²) >= 11 is 0. The molecule has 0 bridgehead atoms. The number of carbonyl (C=O) groups is 2. The molecule has 0 spiro atoms. The zero-order valence-corrected chi connectivity index (χ0v) is 11.2. The summed E-state index contributed by atoms with van der Waals surface area (Å²) < 4.78 is 25.1. The lowest BCUT2D eigenvalue weighted by molar-refractivity contribution is -0.138. The third-order valence-electron chi connectivity index (χ3n) is 1.37. The van der Waals surface area contributed by atoms with Gasteiger partial charge in [0.2, 0.25) is 0 Å². The number of phosphoric acid groups is 1. The highest BCUT2D eigenvalue weighted by Gasteiger charge is 2.37. The van der Waals surface area contributed by atoms with Crippen molar-refractivity contribution in [2.75, 3.05) is 0 Å².